The van der Waals surface area contributed by atoms with E-state index in [1.807, 2.05) is 6.92 Å². The van der Waals surface area contributed by atoms with E-state index in [1.165, 1.54) is 39.4 Å². The van der Waals surface area contributed by atoms with E-state index >= 15 is 0 Å². The van der Waals surface area contributed by atoms with Gasteiger partial charge in [0, 0.05) is 6.54 Å². The lowest BCUT2D eigenvalue weighted by Gasteiger charge is -2.24. The second-order valence-electron chi connectivity index (χ2n) is 6.48. The fraction of sp³-hybridized carbons (Fsp3) is 0.368. The highest BCUT2D eigenvalue weighted by molar-refractivity contribution is 8.04. The summed E-state index contributed by atoms with van der Waals surface area (Å²) in [5.41, 5.74) is 1.18. The van der Waals surface area contributed by atoms with Crippen LogP contribution in [0.15, 0.2) is 29.7 Å². The third-order valence-electron chi connectivity index (χ3n) is 4.50. The van der Waals surface area contributed by atoms with E-state index < -0.39 is 17.1 Å². The lowest BCUT2D eigenvalue weighted by molar-refractivity contribution is -0.426. The van der Waals surface area contributed by atoms with Crippen LogP contribution in [0.25, 0.3) is 0 Å². The topological polar surface area (TPSA) is 69.5 Å². The smallest absolute Gasteiger partial charge is 0.349 e. The number of allylic oxidation sites excluding steroid dienone is 1. The Kier molecular flexibility index (Phi) is 6.51. The molecule has 148 valence electrons. The van der Waals surface area contributed by atoms with Gasteiger partial charge in [0.05, 0.1) is 11.6 Å². The molecular formula is C19H20ClFN3O3S+. The van der Waals surface area contributed by atoms with Crippen molar-refractivity contribution in [2.45, 2.75) is 31.6 Å². The molecule has 0 bridgehead atoms. The first-order valence-corrected chi connectivity index (χ1v) is 10.3. The van der Waals surface area contributed by atoms with Crippen LogP contribution in [-0.4, -0.2) is 51.4 Å². The van der Waals surface area contributed by atoms with Crippen molar-refractivity contribution in [3.8, 4) is 0 Å². The summed E-state index contributed by atoms with van der Waals surface area (Å²) in [6, 6.07) is 3.72. The van der Waals surface area contributed by atoms with Crippen molar-refractivity contribution in [2.75, 3.05) is 13.1 Å². The van der Waals surface area contributed by atoms with Gasteiger partial charge in [-0.15, -0.1) is 11.8 Å². The van der Waals surface area contributed by atoms with Crippen LogP contribution in [0.3, 0.4) is 0 Å². The third kappa shape index (κ3) is 4.28. The van der Waals surface area contributed by atoms with E-state index in [-0.39, 0.29) is 29.9 Å². The molecule has 1 unspecified atom stereocenters. The van der Waals surface area contributed by atoms with E-state index in [4.69, 9.17) is 11.6 Å². The minimum Gasteiger partial charge on any atom is -0.349 e. The molecule has 28 heavy (non-hydrogen) atoms. The molecule has 9 heteroatoms. The van der Waals surface area contributed by atoms with Gasteiger partial charge in [-0.1, -0.05) is 31.0 Å². The summed E-state index contributed by atoms with van der Waals surface area (Å²) in [4.78, 5) is 39.0. The Morgan fingerprint density at radius 3 is 2.89 bits per heavy atom. The van der Waals surface area contributed by atoms with E-state index in [0.29, 0.717) is 24.2 Å². The van der Waals surface area contributed by atoms with Crippen LogP contribution in [0.4, 0.5) is 9.18 Å². The number of thioether (sulfide) groups is 1. The van der Waals surface area contributed by atoms with Crippen LogP contribution < -0.4 is 5.32 Å². The third-order valence-corrected chi connectivity index (χ3v) is 5.79. The van der Waals surface area contributed by atoms with E-state index in [2.05, 4.69) is 5.32 Å². The van der Waals surface area contributed by atoms with Gasteiger partial charge in [0.25, 0.3) is 5.91 Å². The standard InChI is InChI=1S/C19H19ClFN3O3S/c1-2-3-7-23-18(26)17-15(6-8-28-17)24(19(23)27)11-16(25)22-10-12-4-5-14(21)13(20)9-12/h4-6,8-9,17H,2-3,7,10-11H2,1H3/p+1. The van der Waals surface area contributed by atoms with Crippen LogP contribution >= 0.6 is 23.4 Å². The maximum Gasteiger partial charge on any atom is 0.501 e. The van der Waals surface area contributed by atoms with Gasteiger partial charge in [-0.25, -0.2) is 9.18 Å². The molecule has 2 heterocycles. The van der Waals surface area contributed by atoms with Crippen molar-refractivity contribution in [3.05, 3.63) is 46.1 Å². The van der Waals surface area contributed by atoms with Crippen molar-refractivity contribution in [1.29, 1.82) is 0 Å². The predicted molar refractivity (Wildman–Crippen MR) is 106 cm³/mol. The molecular weight excluding hydrogens is 405 g/mol. The van der Waals surface area contributed by atoms with Crippen LogP contribution in [-0.2, 0) is 16.1 Å². The number of nitrogens with zero attached hydrogens (tertiary/aromatic N) is 2. The molecule has 0 aliphatic carbocycles. The molecule has 6 nitrogen and oxygen atoms in total. The number of carbonyl (C=O) groups is 3. The molecule has 3 rings (SSSR count). The number of hydrogen-bond acceptors (Lipinski definition) is 4. The van der Waals surface area contributed by atoms with Gasteiger partial charge in [-0.05, 0) is 35.6 Å². The highest BCUT2D eigenvalue weighted by atomic mass is 35.5. The Morgan fingerprint density at radius 2 is 2.18 bits per heavy atom. The van der Waals surface area contributed by atoms with E-state index in [1.54, 1.807) is 11.5 Å². The first kappa shape index (κ1) is 20.5. The van der Waals surface area contributed by atoms with Crippen molar-refractivity contribution < 1.29 is 23.3 Å². The second-order valence-corrected chi connectivity index (χ2v) is 7.90. The van der Waals surface area contributed by atoms with Crippen molar-refractivity contribution in [2.24, 2.45) is 0 Å². The number of halogens is 2. The molecule has 0 saturated carbocycles. The summed E-state index contributed by atoms with van der Waals surface area (Å²) < 4.78 is 14.6. The average Bonchev–Trinajstić information content (AvgIpc) is 3.16. The van der Waals surface area contributed by atoms with Gasteiger partial charge in [0.2, 0.25) is 0 Å². The summed E-state index contributed by atoms with van der Waals surface area (Å²) in [5, 5.41) is 3.96. The summed E-state index contributed by atoms with van der Waals surface area (Å²) in [5.74, 6) is -1.14. The molecule has 0 radical (unpaired) electrons. The van der Waals surface area contributed by atoms with Gasteiger partial charge in [-0.3, -0.25) is 4.79 Å². The monoisotopic (exact) mass is 424 g/mol. The fourth-order valence-electron chi connectivity index (χ4n) is 2.98. The Balaban J connectivity index is 1.71. The summed E-state index contributed by atoms with van der Waals surface area (Å²) in [7, 11) is 0. The molecule has 0 fully saturated rings. The van der Waals surface area contributed by atoms with Crippen molar-refractivity contribution in [1.82, 2.24) is 10.2 Å². The van der Waals surface area contributed by atoms with Gasteiger partial charge in [-0.2, -0.15) is 14.3 Å². The molecule has 1 aromatic rings. The first-order chi connectivity index (χ1) is 13.4. The molecule has 0 spiro atoms. The van der Waals surface area contributed by atoms with Crippen LogP contribution in [0.5, 0.6) is 0 Å². The number of amides is 4. The zero-order chi connectivity index (χ0) is 20.3. The first-order valence-electron chi connectivity index (χ1n) is 8.94. The summed E-state index contributed by atoms with van der Waals surface area (Å²) in [6.07, 6.45) is 3.27. The maximum absolute atomic E-state index is 13.2. The largest absolute Gasteiger partial charge is 0.501 e. The Labute approximate surface area is 171 Å². The fourth-order valence-corrected chi connectivity index (χ4v) is 4.15. The maximum atomic E-state index is 13.2. The van der Waals surface area contributed by atoms with Crippen LogP contribution in [0.2, 0.25) is 5.02 Å². The summed E-state index contributed by atoms with van der Waals surface area (Å²) in [6.45, 7) is 2.28. The molecule has 1 N–H and O–H groups in total. The minimum absolute atomic E-state index is 0.0189. The molecule has 2 aliphatic heterocycles. The SMILES string of the molecule is CCCCN1C(=O)C2SC=CC2=[N+](CC(=O)NCc2ccc(F)c(Cl)c2)C1=O. The molecule has 1 atom stereocenters. The Bertz CT molecular complexity index is 887. The molecule has 0 aromatic heterocycles. The number of hydrogen-bond donors (Lipinski definition) is 1. The zero-order valence-electron chi connectivity index (χ0n) is 15.3. The normalized spacial score (nSPS) is 18.7. The number of fused-ring (bicyclic) bond motifs is 1. The quantitative estimate of drug-likeness (QED) is 0.683. The number of benzene rings is 1. The lowest BCUT2D eigenvalue weighted by Crippen LogP contribution is -2.56. The van der Waals surface area contributed by atoms with Gasteiger partial charge >= 0.3 is 11.9 Å². The summed E-state index contributed by atoms with van der Waals surface area (Å²) >= 11 is 7.08. The van der Waals surface area contributed by atoms with Gasteiger partial charge in [0.15, 0.2) is 11.8 Å². The number of urea groups is 1. The molecule has 0 saturated heterocycles. The Hall–Kier alpha value is -2.19. The molecule has 2 aliphatic rings. The van der Waals surface area contributed by atoms with Gasteiger partial charge in [0.1, 0.15) is 11.5 Å². The van der Waals surface area contributed by atoms with E-state index in [9.17, 15) is 18.8 Å². The molecule has 1 aromatic carbocycles. The minimum atomic E-state index is -0.527. The second kappa shape index (κ2) is 8.87. The van der Waals surface area contributed by atoms with Gasteiger partial charge < -0.3 is 5.32 Å². The highest BCUT2D eigenvalue weighted by Gasteiger charge is 2.48. The average molecular weight is 425 g/mol. The number of imide groups is 1. The van der Waals surface area contributed by atoms with Crippen LogP contribution in [0, 0.1) is 5.82 Å². The van der Waals surface area contributed by atoms with Crippen molar-refractivity contribution in [3.63, 3.8) is 0 Å². The number of nitrogens with one attached hydrogen (secondary N) is 1. The van der Waals surface area contributed by atoms with Crippen LogP contribution in [0.1, 0.15) is 25.3 Å². The van der Waals surface area contributed by atoms with Crippen molar-refractivity contribution >= 4 is 46.9 Å². The number of unbranched alkanes of at least 4 members (excludes halogenated alkanes) is 1. The van der Waals surface area contributed by atoms with E-state index in [0.717, 1.165) is 6.42 Å². The predicted octanol–water partition coefficient (Wildman–Crippen LogP) is 2.94. The number of rotatable bonds is 7. The molecule has 4 amide bonds. The lowest BCUT2D eigenvalue weighted by atomic mass is 10.1. The highest BCUT2D eigenvalue weighted by Crippen LogP contribution is 2.28. The Morgan fingerprint density at radius 1 is 1.39 bits per heavy atom. The number of carbonyl (C=O) groups excluding carboxylic acids is 3. The zero-order valence-corrected chi connectivity index (χ0v) is 16.9.